The number of likely N-dealkylation sites (N-methyl/N-ethyl adjacent to an activating group) is 1. The van der Waals surface area contributed by atoms with E-state index in [2.05, 4.69) is 6.92 Å². The lowest BCUT2D eigenvalue weighted by Crippen LogP contribution is -2.41. The van der Waals surface area contributed by atoms with Gasteiger partial charge < -0.3 is 10.0 Å². The number of rotatable bonds is 7. The van der Waals surface area contributed by atoms with Gasteiger partial charge in [-0.05, 0) is 18.9 Å². The Hall–Kier alpha value is -2.13. The SMILES string of the molecule is CCCCC(C)C(=O)N(C)[C@@H](C)[C@@H](O)c1ccccc1.c1ccccc1. The molecule has 0 saturated heterocycles. The number of hydrogen-bond donors (Lipinski definition) is 1. The Labute approximate surface area is 158 Å². The number of hydrogen-bond acceptors (Lipinski definition) is 2. The molecule has 1 unspecified atom stereocenters. The molecule has 142 valence electrons. The van der Waals surface area contributed by atoms with Gasteiger partial charge in [0.05, 0.1) is 12.1 Å². The molecule has 0 radical (unpaired) electrons. The molecule has 0 fully saturated rings. The molecule has 2 rings (SSSR count). The van der Waals surface area contributed by atoms with Gasteiger partial charge in [0.1, 0.15) is 0 Å². The Bertz CT molecular complexity index is 573. The van der Waals surface area contributed by atoms with Gasteiger partial charge in [-0.15, -0.1) is 0 Å². The first-order valence-electron chi connectivity index (χ1n) is 9.48. The topological polar surface area (TPSA) is 40.5 Å². The van der Waals surface area contributed by atoms with E-state index in [1.54, 1.807) is 11.9 Å². The van der Waals surface area contributed by atoms with Crippen molar-refractivity contribution in [1.29, 1.82) is 0 Å². The summed E-state index contributed by atoms with van der Waals surface area (Å²) < 4.78 is 0. The molecule has 0 aromatic heterocycles. The third kappa shape index (κ3) is 7.40. The average molecular weight is 356 g/mol. The number of aliphatic hydroxyl groups is 1. The standard InChI is InChI=1S/C17H27NO2.C6H6/c1-5-6-10-13(2)17(20)18(4)14(3)16(19)15-11-8-7-9-12-15;1-2-4-6-5-3-1/h7-9,11-14,16,19H,5-6,10H2,1-4H3;1-6H/t13?,14-,16+;/m0./s1. The Morgan fingerprint density at radius 3 is 1.88 bits per heavy atom. The fraction of sp³-hybridized carbons (Fsp3) is 0.435. The van der Waals surface area contributed by atoms with Crippen molar-refractivity contribution >= 4 is 5.91 Å². The van der Waals surface area contributed by atoms with E-state index < -0.39 is 6.10 Å². The first-order valence-corrected chi connectivity index (χ1v) is 9.48. The van der Waals surface area contributed by atoms with Crippen LogP contribution in [0, 0.1) is 5.92 Å². The number of amides is 1. The summed E-state index contributed by atoms with van der Waals surface area (Å²) in [6, 6.07) is 21.3. The zero-order valence-electron chi connectivity index (χ0n) is 16.5. The van der Waals surface area contributed by atoms with Crippen LogP contribution < -0.4 is 0 Å². The van der Waals surface area contributed by atoms with Crippen LogP contribution in [0.5, 0.6) is 0 Å². The Morgan fingerprint density at radius 2 is 1.42 bits per heavy atom. The minimum absolute atomic E-state index is 0.0189. The van der Waals surface area contributed by atoms with Crippen LogP contribution in [0.4, 0.5) is 0 Å². The zero-order valence-corrected chi connectivity index (χ0v) is 16.5. The predicted molar refractivity (Wildman–Crippen MR) is 109 cm³/mol. The molecule has 0 aliphatic heterocycles. The van der Waals surface area contributed by atoms with Crippen molar-refractivity contribution in [3.8, 4) is 0 Å². The molecule has 0 aliphatic rings. The molecule has 0 spiro atoms. The lowest BCUT2D eigenvalue weighted by Gasteiger charge is -2.31. The van der Waals surface area contributed by atoms with Gasteiger partial charge in [-0.3, -0.25) is 4.79 Å². The van der Waals surface area contributed by atoms with Gasteiger partial charge in [0.2, 0.25) is 5.91 Å². The van der Waals surface area contributed by atoms with Crippen molar-refractivity contribution in [1.82, 2.24) is 4.90 Å². The van der Waals surface area contributed by atoms with Crippen LogP contribution in [0.2, 0.25) is 0 Å². The molecule has 0 bridgehead atoms. The van der Waals surface area contributed by atoms with Gasteiger partial charge in [0.25, 0.3) is 0 Å². The highest BCUT2D eigenvalue weighted by molar-refractivity contribution is 5.78. The molecule has 3 atom stereocenters. The van der Waals surface area contributed by atoms with E-state index in [1.165, 1.54) is 0 Å². The first kappa shape index (κ1) is 21.9. The van der Waals surface area contributed by atoms with E-state index in [4.69, 9.17) is 0 Å². The second-order valence-corrected chi connectivity index (χ2v) is 6.74. The number of nitrogens with zero attached hydrogens (tertiary/aromatic N) is 1. The summed E-state index contributed by atoms with van der Waals surface area (Å²) in [6.45, 7) is 5.99. The van der Waals surface area contributed by atoms with Crippen molar-refractivity contribution in [2.45, 2.75) is 52.2 Å². The average Bonchev–Trinajstić information content (AvgIpc) is 2.72. The summed E-state index contributed by atoms with van der Waals surface area (Å²) in [5.74, 6) is 0.131. The summed E-state index contributed by atoms with van der Waals surface area (Å²) in [4.78, 5) is 14.0. The Balaban J connectivity index is 0.000000472. The highest BCUT2D eigenvalue weighted by atomic mass is 16.3. The number of benzene rings is 2. The maximum absolute atomic E-state index is 12.3. The molecule has 1 N–H and O–H groups in total. The minimum atomic E-state index is -0.650. The molecule has 2 aromatic carbocycles. The molecule has 0 saturated carbocycles. The van der Waals surface area contributed by atoms with Crippen molar-refractivity contribution < 1.29 is 9.90 Å². The molecule has 0 aliphatic carbocycles. The maximum atomic E-state index is 12.3. The van der Waals surface area contributed by atoms with Gasteiger partial charge in [0, 0.05) is 13.0 Å². The normalized spacial score (nSPS) is 13.7. The van der Waals surface area contributed by atoms with Gasteiger partial charge in [0.15, 0.2) is 0 Å². The van der Waals surface area contributed by atoms with E-state index in [-0.39, 0.29) is 17.9 Å². The van der Waals surface area contributed by atoms with Crippen LogP contribution in [0.25, 0.3) is 0 Å². The third-order valence-electron chi connectivity index (χ3n) is 4.64. The first-order chi connectivity index (χ1) is 12.5. The molecular formula is C23H33NO2. The van der Waals surface area contributed by atoms with E-state index in [9.17, 15) is 9.90 Å². The molecule has 2 aromatic rings. The van der Waals surface area contributed by atoms with Gasteiger partial charge in [-0.2, -0.15) is 0 Å². The van der Waals surface area contributed by atoms with Gasteiger partial charge in [-0.25, -0.2) is 0 Å². The van der Waals surface area contributed by atoms with Crippen LogP contribution >= 0.6 is 0 Å². The number of unbranched alkanes of at least 4 members (excludes halogenated alkanes) is 1. The highest BCUT2D eigenvalue weighted by Gasteiger charge is 2.26. The summed E-state index contributed by atoms with van der Waals surface area (Å²) in [5.41, 5.74) is 0.848. The molecule has 26 heavy (non-hydrogen) atoms. The summed E-state index contributed by atoms with van der Waals surface area (Å²) in [7, 11) is 1.78. The molecule has 3 nitrogen and oxygen atoms in total. The Morgan fingerprint density at radius 1 is 0.962 bits per heavy atom. The second kappa shape index (κ2) is 12.3. The van der Waals surface area contributed by atoms with E-state index in [1.807, 2.05) is 80.6 Å². The van der Waals surface area contributed by atoms with Crippen LogP contribution in [0.1, 0.15) is 51.7 Å². The van der Waals surface area contributed by atoms with Gasteiger partial charge >= 0.3 is 0 Å². The van der Waals surface area contributed by atoms with Crippen LogP contribution in [-0.2, 0) is 4.79 Å². The van der Waals surface area contributed by atoms with Crippen LogP contribution in [-0.4, -0.2) is 29.0 Å². The summed E-state index contributed by atoms with van der Waals surface area (Å²) in [6.07, 6.45) is 2.43. The highest BCUT2D eigenvalue weighted by Crippen LogP contribution is 2.22. The maximum Gasteiger partial charge on any atom is 0.225 e. The summed E-state index contributed by atoms with van der Waals surface area (Å²) in [5, 5.41) is 10.4. The quantitative estimate of drug-likeness (QED) is 0.752. The smallest absolute Gasteiger partial charge is 0.225 e. The second-order valence-electron chi connectivity index (χ2n) is 6.74. The lowest BCUT2D eigenvalue weighted by atomic mass is 9.99. The molecule has 0 heterocycles. The predicted octanol–water partition coefficient (Wildman–Crippen LogP) is 5.08. The fourth-order valence-electron chi connectivity index (χ4n) is 2.71. The van der Waals surface area contributed by atoms with Crippen molar-refractivity contribution in [3.05, 3.63) is 72.3 Å². The largest absolute Gasteiger partial charge is 0.386 e. The molecular weight excluding hydrogens is 322 g/mol. The summed E-state index contributed by atoms with van der Waals surface area (Å²) >= 11 is 0. The zero-order chi connectivity index (χ0) is 19.4. The number of carbonyl (C=O) groups is 1. The monoisotopic (exact) mass is 355 g/mol. The van der Waals surface area contributed by atoms with Crippen molar-refractivity contribution in [3.63, 3.8) is 0 Å². The number of carbonyl (C=O) groups excluding carboxylic acids is 1. The van der Waals surface area contributed by atoms with Crippen LogP contribution in [0.3, 0.4) is 0 Å². The lowest BCUT2D eigenvalue weighted by molar-refractivity contribution is -0.138. The molecule has 3 heteroatoms. The van der Waals surface area contributed by atoms with Crippen molar-refractivity contribution in [2.24, 2.45) is 5.92 Å². The van der Waals surface area contributed by atoms with Gasteiger partial charge in [-0.1, -0.05) is 93.4 Å². The Kier molecular flexibility index (Phi) is 10.3. The number of aliphatic hydroxyl groups excluding tert-OH is 1. The van der Waals surface area contributed by atoms with E-state index >= 15 is 0 Å². The minimum Gasteiger partial charge on any atom is -0.386 e. The van der Waals surface area contributed by atoms with Crippen LogP contribution in [0.15, 0.2) is 66.7 Å². The fourth-order valence-corrected chi connectivity index (χ4v) is 2.71. The van der Waals surface area contributed by atoms with Crippen molar-refractivity contribution in [2.75, 3.05) is 7.05 Å². The van der Waals surface area contributed by atoms with E-state index in [0.717, 1.165) is 24.8 Å². The third-order valence-corrected chi connectivity index (χ3v) is 4.64. The van der Waals surface area contributed by atoms with E-state index in [0.29, 0.717) is 0 Å². The molecule has 1 amide bonds.